The molecule has 0 aliphatic rings. The zero-order valence-electron chi connectivity index (χ0n) is 10.4. The average Bonchev–Trinajstić information content (AvgIpc) is 2.17. The number of ketones is 1. The van der Waals surface area contributed by atoms with Gasteiger partial charge in [-0.3, -0.25) is 4.79 Å². The molecule has 0 heterocycles. The molecule has 0 aliphatic heterocycles. The Morgan fingerprint density at radius 3 is 2.31 bits per heavy atom. The van der Waals surface area contributed by atoms with E-state index in [4.69, 9.17) is 0 Å². The first-order valence-electron chi connectivity index (χ1n) is 5.71. The lowest BCUT2D eigenvalue weighted by atomic mass is 9.93. The predicted octanol–water partition coefficient (Wildman–Crippen LogP) is 3.68. The Morgan fingerprint density at radius 1 is 1.31 bits per heavy atom. The van der Waals surface area contributed by atoms with Crippen LogP contribution in [-0.4, -0.2) is 11.7 Å². The molecule has 16 heavy (non-hydrogen) atoms. The van der Waals surface area contributed by atoms with Crippen molar-refractivity contribution >= 4 is 5.78 Å². The van der Waals surface area contributed by atoms with Gasteiger partial charge >= 0.3 is 5.92 Å². The van der Waals surface area contributed by atoms with Crippen LogP contribution < -0.4 is 0 Å². The predicted molar refractivity (Wildman–Crippen MR) is 61.3 cm³/mol. The quantitative estimate of drug-likeness (QED) is 0.658. The lowest BCUT2D eigenvalue weighted by Crippen LogP contribution is -2.27. The van der Waals surface area contributed by atoms with Gasteiger partial charge in [0.25, 0.3) is 0 Å². The van der Waals surface area contributed by atoms with E-state index < -0.39 is 11.8 Å². The Balaban J connectivity index is 4.41. The Kier molecular flexibility index (Phi) is 6.25. The van der Waals surface area contributed by atoms with E-state index in [0.29, 0.717) is 6.42 Å². The first-order chi connectivity index (χ1) is 7.31. The van der Waals surface area contributed by atoms with Crippen LogP contribution in [0.25, 0.3) is 0 Å². The van der Waals surface area contributed by atoms with Crippen molar-refractivity contribution in [1.82, 2.24) is 0 Å². The van der Waals surface area contributed by atoms with Crippen LogP contribution in [0.1, 0.15) is 47.0 Å². The molecule has 0 aliphatic carbocycles. The van der Waals surface area contributed by atoms with Crippen molar-refractivity contribution in [2.75, 3.05) is 0 Å². The van der Waals surface area contributed by atoms with Gasteiger partial charge in [0.1, 0.15) is 5.78 Å². The Bertz CT molecular complexity index is 284. The van der Waals surface area contributed by atoms with Crippen molar-refractivity contribution in [1.29, 1.82) is 0 Å². The van der Waals surface area contributed by atoms with E-state index >= 15 is 0 Å². The number of rotatable bonds is 5. The molecule has 0 saturated carbocycles. The second kappa shape index (κ2) is 6.62. The Morgan fingerprint density at radius 2 is 1.88 bits per heavy atom. The van der Waals surface area contributed by atoms with Gasteiger partial charge in [-0.25, -0.2) is 0 Å². The van der Waals surface area contributed by atoms with Gasteiger partial charge in [-0.15, -0.1) is 0 Å². The number of carbonyl (C=O) groups is 1. The highest BCUT2D eigenvalue weighted by Gasteiger charge is 2.35. The summed E-state index contributed by atoms with van der Waals surface area (Å²) in [5, 5.41) is 0. The van der Waals surface area contributed by atoms with Gasteiger partial charge < -0.3 is 0 Å². The first-order valence-corrected chi connectivity index (χ1v) is 5.71. The summed E-state index contributed by atoms with van der Waals surface area (Å²) in [6.45, 7) is 6.70. The minimum Gasteiger partial charge on any atom is -0.299 e. The van der Waals surface area contributed by atoms with E-state index in [2.05, 4.69) is 5.92 Å². The molecule has 0 N–H and O–H groups in total. The molecule has 0 aromatic rings. The van der Waals surface area contributed by atoms with Crippen molar-refractivity contribution < 1.29 is 13.6 Å². The number of alkyl halides is 2. The van der Waals surface area contributed by atoms with E-state index in [9.17, 15) is 13.6 Å². The molecular weight excluding hydrogens is 210 g/mol. The third-order valence-electron chi connectivity index (χ3n) is 2.40. The van der Waals surface area contributed by atoms with Gasteiger partial charge in [-0.05, 0) is 12.3 Å². The summed E-state index contributed by atoms with van der Waals surface area (Å²) in [5.41, 5.74) is 0. The fourth-order valence-corrected chi connectivity index (χ4v) is 1.09. The molecule has 0 aromatic carbocycles. The molecule has 1 nitrogen and oxygen atoms in total. The highest BCUT2D eigenvalue weighted by atomic mass is 19.3. The smallest absolute Gasteiger partial charge is 0.299 e. The van der Waals surface area contributed by atoms with Crippen LogP contribution >= 0.6 is 0 Å². The van der Waals surface area contributed by atoms with Gasteiger partial charge in [-0.2, -0.15) is 8.78 Å². The zero-order chi connectivity index (χ0) is 12.8. The summed E-state index contributed by atoms with van der Waals surface area (Å²) < 4.78 is 26.9. The SMILES string of the molecule is CCCC#CC(F)(F)C(C)CC(=O)C(C)C. The van der Waals surface area contributed by atoms with Gasteiger partial charge in [0, 0.05) is 24.7 Å². The van der Waals surface area contributed by atoms with Gasteiger partial charge in [0.05, 0.1) is 0 Å². The first kappa shape index (κ1) is 15.1. The van der Waals surface area contributed by atoms with E-state index in [1.165, 1.54) is 6.92 Å². The summed E-state index contributed by atoms with van der Waals surface area (Å²) in [6.07, 6.45) is 1.13. The largest absolute Gasteiger partial charge is 0.311 e. The fraction of sp³-hybridized carbons (Fsp3) is 0.769. The molecular formula is C13H20F2O. The average molecular weight is 230 g/mol. The molecule has 0 fully saturated rings. The van der Waals surface area contributed by atoms with Crippen molar-refractivity contribution in [3.63, 3.8) is 0 Å². The summed E-state index contributed by atoms with van der Waals surface area (Å²) >= 11 is 0. The number of carbonyl (C=O) groups excluding carboxylic acids is 1. The molecule has 3 heteroatoms. The standard InChI is InChI=1S/C13H20F2O/c1-5-6-7-8-13(14,15)11(4)9-12(16)10(2)3/h10-11H,5-6,9H2,1-4H3. The van der Waals surface area contributed by atoms with Crippen LogP contribution in [0.3, 0.4) is 0 Å². The minimum absolute atomic E-state index is 0.106. The molecule has 0 aromatic heterocycles. The molecule has 1 atom stereocenters. The number of halogens is 2. The minimum atomic E-state index is -3.06. The van der Waals surface area contributed by atoms with E-state index in [1.54, 1.807) is 13.8 Å². The van der Waals surface area contributed by atoms with E-state index in [-0.39, 0.29) is 18.1 Å². The van der Waals surface area contributed by atoms with Gasteiger partial charge in [0.2, 0.25) is 0 Å². The maximum atomic E-state index is 13.4. The summed E-state index contributed by atoms with van der Waals surface area (Å²) in [7, 11) is 0. The van der Waals surface area contributed by atoms with E-state index in [0.717, 1.165) is 6.42 Å². The molecule has 0 radical (unpaired) electrons. The third-order valence-corrected chi connectivity index (χ3v) is 2.40. The second-order valence-electron chi connectivity index (χ2n) is 4.40. The Labute approximate surface area is 96.6 Å². The summed E-state index contributed by atoms with van der Waals surface area (Å²) in [4.78, 5) is 11.3. The van der Waals surface area contributed by atoms with Crippen LogP contribution in [0.4, 0.5) is 8.78 Å². The number of unbranched alkanes of at least 4 members (excludes halogenated alkanes) is 1. The third kappa shape index (κ3) is 5.25. The molecule has 92 valence electrons. The molecule has 0 bridgehead atoms. The molecule has 1 unspecified atom stereocenters. The highest BCUT2D eigenvalue weighted by Crippen LogP contribution is 2.27. The maximum Gasteiger partial charge on any atom is 0.311 e. The van der Waals surface area contributed by atoms with Crippen LogP contribution in [0.15, 0.2) is 0 Å². The van der Waals surface area contributed by atoms with Crippen LogP contribution in [0.5, 0.6) is 0 Å². The molecule has 0 rings (SSSR count). The van der Waals surface area contributed by atoms with Crippen LogP contribution in [-0.2, 0) is 4.79 Å². The molecule has 0 saturated heterocycles. The lowest BCUT2D eigenvalue weighted by Gasteiger charge is -2.18. The zero-order valence-corrected chi connectivity index (χ0v) is 10.4. The number of hydrogen-bond acceptors (Lipinski definition) is 1. The maximum absolute atomic E-state index is 13.4. The number of Topliss-reactive ketones (excluding diaryl/α,β-unsaturated/α-hetero) is 1. The highest BCUT2D eigenvalue weighted by molar-refractivity contribution is 5.80. The number of hydrogen-bond donors (Lipinski definition) is 0. The van der Waals surface area contributed by atoms with Gasteiger partial charge in [-0.1, -0.05) is 33.6 Å². The fourth-order valence-electron chi connectivity index (χ4n) is 1.09. The van der Waals surface area contributed by atoms with Crippen molar-refractivity contribution in [2.24, 2.45) is 11.8 Å². The Hall–Kier alpha value is -0.910. The van der Waals surface area contributed by atoms with Crippen molar-refractivity contribution in [3.05, 3.63) is 0 Å². The van der Waals surface area contributed by atoms with E-state index in [1.807, 2.05) is 12.8 Å². The topological polar surface area (TPSA) is 17.1 Å². The monoisotopic (exact) mass is 230 g/mol. The van der Waals surface area contributed by atoms with Gasteiger partial charge in [0.15, 0.2) is 0 Å². The van der Waals surface area contributed by atoms with Crippen LogP contribution in [0.2, 0.25) is 0 Å². The lowest BCUT2D eigenvalue weighted by molar-refractivity contribution is -0.125. The molecule has 0 amide bonds. The second-order valence-corrected chi connectivity index (χ2v) is 4.40. The summed E-state index contributed by atoms with van der Waals surface area (Å²) in [6, 6.07) is 0. The van der Waals surface area contributed by atoms with Crippen molar-refractivity contribution in [3.8, 4) is 11.8 Å². The van der Waals surface area contributed by atoms with Crippen molar-refractivity contribution in [2.45, 2.75) is 52.9 Å². The summed E-state index contributed by atoms with van der Waals surface area (Å²) in [5.74, 6) is 0.0249. The van der Waals surface area contributed by atoms with Crippen LogP contribution in [0, 0.1) is 23.7 Å². The normalized spacial score (nSPS) is 13.2. The molecule has 0 spiro atoms.